The van der Waals surface area contributed by atoms with Gasteiger partial charge in [0.15, 0.2) is 0 Å². The Morgan fingerprint density at radius 1 is 1.00 bits per heavy atom. The Kier molecular flexibility index (Phi) is 2.97. The average Bonchev–Trinajstić information content (AvgIpc) is 3.08. The van der Waals surface area contributed by atoms with Crippen molar-refractivity contribution in [2.45, 2.75) is 12.5 Å². The fourth-order valence-electron chi connectivity index (χ4n) is 2.90. The van der Waals surface area contributed by atoms with E-state index in [1.165, 1.54) is 28.8 Å². The number of hydrogen-bond donors (Lipinski definition) is 0. The van der Waals surface area contributed by atoms with Crippen molar-refractivity contribution in [3.8, 4) is 5.69 Å². The van der Waals surface area contributed by atoms with Crippen molar-refractivity contribution in [3.05, 3.63) is 82.3 Å². The summed E-state index contributed by atoms with van der Waals surface area (Å²) in [5, 5.41) is 4.14. The van der Waals surface area contributed by atoms with Crippen molar-refractivity contribution < 1.29 is 9.18 Å². The zero-order valence-corrected chi connectivity index (χ0v) is 12.0. The van der Waals surface area contributed by atoms with Gasteiger partial charge in [0.1, 0.15) is 5.82 Å². The van der Waals surface area contributed by atoms with Crippen molar-refractivity contribution in [1.82, 2.24) is 14.3 Å². The van der Waals surface area contributed by atoms with Crippen LogP contribution < -0.4 is 5.69 Å². The summed E-state index contributed by atoms with van der Waals surface area (Å²) < 4.78 is 15.6. The summed E-state index contributed by atoms with van der Waals surface area (Å²) in [5.74, 6) is -0.420. The fraction of sp³-hybridized carbons (Fsp3) is 0.118. The summed E-state index contributed by atoms with van der Waals surface area (Å²) in [6.07, 6.45) is 0.228. The van der Waals surface area contributed by atoms with Crippen LogP contribution in [0.3, 0.4) is 0 Å². The number of aromatic nitrogens is 3. The largest absolute Gasteiger partial charge is 0.351 e. The molecule has 0 unspecified atom stereocenters. The Morgan fingerprint density at radius 2 is 1.70 bits per heavy atom. The number of benzene rings is 2. The van der Waals surface area contributed by atoms with Gasteiger partial charge in [-0.2, -0.15) is 4.68 Å². The third kappa shape index (κ3) is 2.11. The van der Waals surface area contributed by atoms with Crippen molar-refractivity contribution in [1.29, 1.82) is 0 Å². The van der Waals surface area contributed by atoms with Crippen LogP contribution in [0.2, 0.25) is 0 Å². The molecule has 2 aromatic carbocycles. The lowest BCUT2D eigenvalue weighted by Crippen LogP contribution is -2.26. The predicted molar refractivity (Wildman–Crippen MR) is 81.3 cm³/mol. The molecule has 0 radical (unpaired) electrons. The molecule has 0 saturated heterocycles. The van der Waals surface area contributed by atoms with Crippen LogP contribution in [-0.4, -0.2) is 20.1 Å². The molecule has 1 aliphatic rings. The molecule has 0 fully saturated rings. The second kappa shape index (κ2) is 5.01. The van der Waals surface area contributed by atoms with E-state index in [9.17, 15) is 14.0 Å². The van der Waals surface area contributed by atoms with E-state index < -0.39 is 11.5 Å². The topological polar surface area (TPSA) is 56.9 Å². The Bertz CT molecular complexity index is 942. The SMILES string of the molecule is O=C1C[C@@H](c2ccccc2)n2c1nn(-c1ccc(F)cc1)c2=O. The van der Waals surface area contributed by atoms with Gasteiger partial charge >= 0.3 is 5.69 Å². The molecule has 114 valence electrons. The summed E-state index contributed by atoms with van der Waals surface area (Å²) in [4.78, 5) is 24.9. The first kappa shape index (κ1) is 13.6. The highest BCUT2D eigenvalue weighted by molar-refractivity contribution is 5.95. The maximum absolute atomic E-state index is 13.0. The van der Waals surface area contributed by atoms with E-state index in [1.807, 2.05) is 30.3 Å². The molecule has 0 spiro atoms. The van der Waals surface area contributed by atoms with Gasteiger partial charge in [-0.15, -0.1) is 5.10 Å². The summed E-state index contributed by atoms with van der Waals surface area (Å²) in [6.45, 7) is 0. The van der Waals surface area contributed by atoms with E-state index in [0.29, 0.717) is 5.69 Å². The predicted octanol–water partition coefficient (Wildman–Crippen LogP) is 2.35. The normalized spacial score (nSPS) is 16.6. The van der Waals surface area contributed by atoms with Gasteiger partial charge in [0.2, 0.25) is 11.6 Å². The van der Waals surface area contributed by atoms with E-state index in [4.69, 9.17) is 0 Å². The van der Waals surface area contributed by atoms with Gasteiger partial charge in [-0.25, -0.2) is 9.18 Å². The Morgan fingerprint density at radius 3 is 2.39 bits per heavy atom. The summed E-state index contributed by atoms with van der Waals surface area (Å²) >= 11 is 0. The number of carbonyl (C=O) groups is 1. The van der Waals surface area contributed by atoms with Gasteiger partial charge in [0.25, 0.3) is 0 Å². The van der Waals surface area contributed by atoms with Crippen molar-refractivity contribution in [2.24, 2.45) is 0 Å². The highest BCUT2D eigenvalue weighted by atomic mass is 19.1. The number of fused-ring (bicyclic) bond motifs is 1. The average molecular weight is 309 g/mol. The lowest BCUT2D eigenvalue weighted by atomic mass is 10.0. The standard InChI is InChI=1S/C17H12FN3O2/c18-12-6-8-13(9-7-12)21-17(23)20-14(10-15(22)16(20)19-21)11-4-2-1-3-5-11/h1-9,14H,10H2/t14-/m0/s1. The third-order valence-corrected chi connectivity index (χ3v) is 4.01. The minimum absolute atomic E-state index is 0.146. The molecule has 5 nitrogen and oxygen atoms in total. The van der Waals surface area contributed by atoms with Crippen LogP contribution in [0.4, 0.5) is 4.39 Å². The maximum atomic E-state index is 13.0. The van der Waals surface area contributed by atoms with E-state index in [-0.39, 0.29) is 24.1 Å². The number of hydrogen-bond acceptors (Lipinski definition) is 3. The molecule has 4 rings (SSSR count). The van der Waals surface area contributed by atoms with Crippen LogP contribution in [0.25, 0.3) is 5.69 Å². The number of halogens is 1. The Labute approximate surface area is 130 Å². The first-order valence-electron chi connectivity index (χ1n) is 7.21. The van der Waals surface area contributed by atoms with E-state index in [0.717, 1.165) is 10.2 Å². The van der Waals surface area contributed by atoms with Gasteiger partial charge in [-0.1, -0.05) is 30.3 Å². The van der Waals surface area contributed by atoms with Gasteiger partial charge in [-0.3, -0.25) is 9.36 Å². The highest BCUT2D eigenvalue weighted by Crippen LogP contribution is 2.29. The van der Waals surface area contributed by atoms with Gasteiger partial charge in [0, 0.05) is 6.42 Å². The maximum Gasteiger partial charge on any atom is 0.351 e. The zero-order chi connectivity index (χ0) is 16.0. The number of ketones is 1. The third-order valence-electron chi connectivity index (χ3n) is 4.01. The number of nitrogens with zero attached hydrogens (tertiary/aromatic N) is 3. The molecule has 1 aliphatic heterocycles. The molecule has 1 aromatic heterocycles. The lowest BCUT2D eigenvalue weighted by Gasteiger charge is -2.11. The minimum atomic E-state index is -0.397. The summed E-state index contributed by atoms with van der Waals surface area (Å²) in [5.41, 5.74) is 0.921. The molecule has 0 saturated carbocycles. The number of carbonyl (C=O) groups excluding carboxylic acids is 1. The van der Waals surface area contributed by atoms with Crippen LogP contribution in [0.1, 0.15) is 28.6 Å². The zero-order valence-electron chi connectivity index (χ0n) is 12.0. The second-order valence-electron chi connectivity index (χ2n) is 5.42. The van der Waals surface area contributed by atoms with E-state index in [2.05, 4.69) is 5.10 Å². The molecule has 3 aromatic rings. The molecule has 2 heterocycles. The molecular weight excluding hydrogens is 297 g/mol. The molecule has 0 N–H and O–H groups in total. The molecule has 0 aliphatic carbocycles. The number of rotatable bonds is 2. The van der Waals surface area contributed by atoms with Crippen LogP contribution in [0.15, 0.2) is 59.4 Å². The van der Waals surface area contributed by atoms with Crippen molar-refractivity contribution >= 4 is 5.78 Å². The number of Topliss-reactive ketones (excluding diaryl/α,β-unsaturated/α-hetero) is 1. The minimum Gasteiger partial charge on any atom is -0.291 e. The van der Waals surface area contributed by atoms with E-state index in [1.54, 1.807) is 0 Å². The van der Waals surface area contributed by atoms with Crippen LogP contribution in [0, 0.1) is 5.82 Å². The van der Waals surface area contributed by atoms with E-state index >= 15 is 0 Å². The van der Waals surface area contributed by atoms with Crippen LogP contribution in [0.5, 0.6) is 0 Å². The van der Waals surface area contributed by atoms with Gasteiger partial charge < -0.3 is 0 Å². The molecule has 1 atom stereocenters. The van der Waals surface area contributed by atoms with Gasteiger partial charge in [-0.05, 0) is 29.8 Å². The van der Waals surface area contributed by atoms with Crippen LogP contribution >= 0.6 is 0 Å². The van der Waals surface area contributed by atoms with Crippen LogP contribution in [-0.2, 0) is 0 Å². The fourth-order valence-corrected chi connectivity index (χ4v) is 2.90. The molecular formula is C17H12FN3O2. The second-order valence-corrected chi connectivity index (χ2v) is 5.42. The first-order valence-corrected chi connectivity index (χ1v) is 7.21. The smallest absolute Gasteiger partial charge is 0.291 e. The highest BCUT2D eigenvalue weighted by Gasteiger charge is 2.35. The Balaban J connectivity index is 1.87. The molecule has 23 heavy (non-hydrogen) atoms. The van der Waals surface area contributed by atoms with Crippen molar-refractivity contribution in [2.75, 3.05) is 0 Å². The monoisotopic (exact) mass is 309 g/mol. The lowest BCUT2D eigenvalue weighted by molar-refractivity contribution is 0.0986. The molecule has 0 amide bonds. The first-order chi connectivity index (χ1) is 11.1. The van der Waals surface area contributed by atoms with Gasteiger partial charge in [0.05, 0.1) is 11.7 Å². The molecule has 0 bridgehead atoms. The molecule has 6 heteroatoms. The van der Waals surface area contributed by atoms with Crippen molar-refractivity contribution in [3.63, 3.8) is 0 Å². The Hall–Kier alpha value is -3.02. The quantitative estimate of drug-likeness (QED) is 0.730. The summed E-state index contributed by atoms with van der Waals surface area (Å²) in [6, 6.07) is 14.5. The summed E-state index contributed by atoms with van der Waals surface area (Å²) in [7, 11) is 0.